The Morgan fingerprint density at radius 2 is 1.47 bits per heavy atom. The van der Waals surface area contributed by atoms with Crippen LogP contribution in [0.1, 0.15) is 91.4 Å². The van der Waals surface area contributed by atoms with E-state index < -0.39 is 24.0 Å². The number of ether oxygens (including phenoxy) is 2. The van der Waals surface area contributed by atoms with Gasteiger partial charge in [0, 0.05) is 25.8 Å². The molecule has 1 amide bonds. The van der Waals surface area contributed by atoms with Crippen molar-refractivity contribution in [3.8, 4) is 0 Å². The van der Waals surface area contributed by atoms with Crippen molar-refractivity contribution in [2.45, 2.75) is 97.5 Å². The molecule has 0 fully saturated rings. The molecule has 2 atom stereocenters. The van der Waals surface area contributed by atoms with Crippen molar-refractivity contribution in [1.82, 2.24) is 4.90 Å². The molecule has 0 aliphatic rings. The maximum Gasteiger partial charge on any atom is 0.306 e. The van der Waals surface area contributed by atoms with E-state index in [0.717, 1.165) is 25.7 Å². The minimum atomic E-state index is -0.519. The van der Waals surface area contributed by atoms with Gasteiger partial charge in [-0.2, -0.15) is 0 Å². The van der Waals surface area contributed by atoms with Gasteiger partial charge in [0.05, 0.1) is 13.2 Å². The molecule has 0 radical (unpaired) electrons. The summed E-state index contributed by atoms with van der Waals surface area (Å²) in [5, 5.41) is 0. The number of hydrogen-bond donors (Lipinski definition) is 0. The van der Waals surface area contributed by atoms with Crippen molar-refractivity contribution in [3.05, 3.63) is 25.3 Å². The SMILES string of the molecule is C=CC(=O)CC(CC(=O)OCCCCCCCC)CC(=O)O[C@H](CC)CN(CCC)C(=O)C=C. The highest BCUT2D eigenvalue weighted by atomic mass is 16.5. The van der Waals surface area contributed by atoms with Gasteiger partial charge in [-0.3, -0.25) is 19.2 Å². The topological polar surface area (TPSA) is 90.0 Å². The lowest BCUT2D eigenvalue weighted by Gasteiger charge is -2.26. The second kappa shape index (κ2) is 20.0. The van der Waals surface area contributed by atoms with Gasteiger partial charge < -0.3 is 14.4 Å². The van der Waals surface area contributed by atoms with E-state index in [4.69, 9.17) is 9.47 Å². The van der Waals surface area contributed by atoms with Gasteiger partial charge in [-0.25, -0.2) is 0 Å². The summed E-state index contributed by atoms with van der Waals surface area (Å²) in [6, 6.07) is 0. The normalized spacial score (nSPS) is 12.3. The first-order valence-electron chi connectivity index (χ1n) is 12.7. The molecular formula is C27H45NO6. The fraction of sp³-hybridized carbons (Fsp3) is 0.704. The minimum absolute atomic E-state index is 0.0262. The zero-order valence-corrected chi connectivity index (χ0v) is 21.5. The van der Waals surface area contributed by atoms with E-state index in [1.807, 2.05) is 13.8 Å². The molecule has 0 saturated heterocycles. The number of unbranched alkanes of at least 4 members (excludes halogenated alkanes) is 5. The van der Waals surface area contributed by atoms with E-state index in [1.165, 1.54) is 31.4 Å². The fourth-order valence-electron chi connectivity index (χ4n) is 3.60. The molecule has 0 rings (SSSR count). The number of amides is 1. The molecule has 0 aromatic heterocycles. The van der Waals surface area contributed by atoms with E-state index in [9.17, 15) is 19.2 Å². The van der Waals surface area contributed by atoms with E-state index >= 15 is 0 Å². The van der Waals surface area contributed by atoms with Crippen LogP contribution < -0.4 is 0 Å². The number of nitrogens with zero attached hydrogens (tertiary/aromatic N) is 1. The van der Waals surface area contributed by atoms with Crippen LogP contribution in [0.3, 0.4) is 0 Å². The standard InChI is InChI=1S/C27H45NO6/c1-6-11-12-13-14-15-17-33-26(31)19-22(18-23(29)8-3)20-27(32)34-24(9-4)21-28(16-7-2)25(30)10-5/h8,10,22,24H,3,5-7,9,11-21H2,1-2,4H3/t22?,24-/m1/s1. The Labute approximate surface area is 205 Å². The highest BCUT2D eigenvalue weighted by molar-refractivity contribution is 5.90. The molecule has 0 aromatic carbocycles. The molecule has 0 aromatic rings. The summed E-state index contributed by atoms with van der Waals surface area (Å²) in [4.78, 5) is 50.4. The Bertz CT molecular complexity index is 645. The van der Waals surface area contributed by atoms with Gasteiger partial charge in [-0.05, 0) is 37.3 Å². The molecule has 7 nitrogen and oxygen atoms in total. The second-order valence-corrected chi connectivity index (χ2v) is 8.65. The van der Waals surface area contributed by atoms with Gasteiger partial charge in [0.25, 0.3) is 0 Å². The number of esters is 2. The molecular weight excluding hydrogens is 434 g/mol. The number of rotatable bonds is 21. The van der Waals surface area contributed by atoms with Crippen LogP contribution in [0.15, 0.2) is 25.3 Å². The highest BCUT2D eigenvalue weighted by Crippen LogP contribution is 2.18. The van der Waals surface area contributed by atoms with Gasteiger partial charge in [-0.15, -0.1) is 0 Å². The third kappa shape index (κ3) is 15.4. The predicted molar refractivity (Wildman–Crippen MR) is 134 cm³/mol. The molecule has 0 aliphatic carbocycles. The van der Waals surface area contributed by atoms with Crippen LogP contribution in [0.4, 0.5) is 0 Å². The van der Waals surface area contributed by atoms with Gasteiger partial charge in [0.2, 0.25) is 5.91 Å². The third-order valence-corrected chi connectivity index (χ3v) is 5.55. The number of hydrogen-bond acceptors (Lipinski definition) is 6. The van der Waals surface area contributed by atoms with Crippen molar-refractivity contribution in [2.24, 2.45) is 5.92 Å². The zero-order valence-electron chi connectivity index (χ0n) is 21.5. The van der Waals surface area contributed by atoms with Crippen molar-refractivity contribution in [1.29, 1.82) is 0 Å². The summed E-state index contributed by atoms with van der Waals surface area (Å²) in [5.41, 5.74) is 0. The third-order valence-electron chi connectivity index (χ3n) is 5.55. The van der Waals surface area contributed by atoms with Crippen LogP contribution in [-0.2, 0) is 28.7 Å². The van der Waals surface area contributed by atoms with Crippen LogP contribution in [0.25, 0.3) is 0 Å². The van der Waals surface area contributed by atoms with Crippen LogP contribution in [0.5, 0.6) is 0 Å². The molecule has 34 heavy (non-hydrogen) atoms. The lowest BCUT2D eigenvalue weighted by molar-refractivity contribution is -0.153. The first-order chi connectivity index (χ1) is 16.3. The largest absolute Gasteiger partial charge is 0.466 e. The summed E-state index contributed by atoms with van der Waals surface area (Å²) >= 11 is 0. The molecule has 194 valence electrons. The molecule has 0 saturated carbocycles. The first-order valence-corrected chi connectivity index (χ1v) is 12.7. The van der Waals surface area contributed by atoms with Crippen LogP contribution >= 0.6 is 0 Å². The summed E-state index contributed by atoms with van der Waals surface area (Å²) in [6.45, 7) is 14.2. The molecule has 1 unspecified atom stereocenters. The second-order valence-electron chi connectivity index (χ2n) is 8.65. The highest BCUT2D eigenvalue weighted by Gasteiger charge is 2.24. The summed E-state index contributed by atoms with van der Waals surface area (Å²) in [6.07, 6.45) is 9.74. The molecule has 7 heteroatoms. The summed E-state index contributed by atoms with van der Waals surface area (Å²) < 4.78 is 10.9. The van der Waals surface area contributed by atoms with E-state index in [2.05, 4.69) is 20.1 Å². The Hall–Kier alpha value is -2.44. The predicted octanol–water partition coefficient (Wildman–Crippen LogP) is 5.18. The first kappa shape index (κ1) is 31.6. The Morgan fingerprint density at radius 3 is 2.06 bits per heavy atom. The number of carbonyl (C=O) groups is 4. The summed E-state index contributed by atoms with van der Waals surface area (Å²) in [7, 11) is 0. The van der Waals surface area contributed by atoms with Gasteiger partial charge in [-0.1, -0.05) is 66.0 Å². The lowest BCUT2D eigenvalue weighted by atomic mass is 9.95. The summed E-state index contributed by atoms with van der Waals surface area (Å²) in [5.74, 6) is -1.88. The number of ketones is 1. The fourth-order valence-corrected chi connectivity index (χ4v) is 3.60. The van der Waals surface area contributed by atoms with E-state index in [-0.39, 0.29) is 37.5 Å². The van der Waals surface area contributed by atoms with Crippen LogP contribution in [0.2, 0.25) is 0 Å². The molecule has 0 spiro atoms. The lowest BCUT2D eigenvalue weighted by Crippen LogP contribution is -2.39. The van der Waals surface area contributed by atoms with Crippen molar-refractivity contribution < 1.29 is 28.7 Å². The zero-order chi connectivity index (χ0) is 25.8. The average molecular weight is 480 g/mol. The molecule has 0 bridgehead atoms. The van der Waals surface area contributed by atoms with Gasteiger partial charge in [0.1, 0.15) is 6.10 Å². The maximum atomic E-state index is 12.6. The van der Waals surface area contributed by atoms with Crippen LogP contribution in [0, 0.1) is 5.92 Å². The van der Waals surface area contributed by atoms with E-state index in [1.54, 1.807) is 4.90 Å². The quantitative estimate of drug-likeness (QED) is 0.128. The van der Waals surface area contributed by atoms with Gasteiger partial charge in [0.15, 0.2) is 5.78 Å². The minimum Gasteiger partial charge on any atom is -0.466 e. The Balaban J connectivity index is 4.77. The van der Waals surface area contributed by atoms with Crippen molar-refractivity contribution >= 4 is 23.6 Å². The molecule has 0 aliphatic heterocycles. The molecule has 0 heterocycles. The maximum absolute atomic E-state index is 12.6. The van der Waals surface area contributed by atoms with E-state index in [0.29, 0.717) is 19.6 Å². The van der Waals surface area contributed by atoms with Gasteiger partial charge >= 0.3 is 11.9 Å². The number of allylic oxidation sites excluding steroid dienone is 1. The smallest absolute Gasteiger partial charge is 0.306 e. The average Bonchev–Trinajstić information content (AvgIpc) is 2.81. The van der Waals surface area contributed by atoms with Crippen molar-refractivity contribution in [2.75, 3.05) is 19.7 Å². The monoisotopic (exact) mass is 479 g/mol. The van der Waals surface area contributed by atoms with Crippen molar-refractivity contribution in [3.63, 3.8) is 0 Å². The Kier molecular flexibility index (Phi) is 18.5. The number of carbonyl (C=O) groups excluding carboxylic acids is 4. The Morgan fingerprint density at radius 1 is 0.824 bits per heavy atom. The molecule has 0 N–H and O–H groups in total. The van der Waals surface area contributed by atoms with Crippen LogP contribution in [-0.4, -0.2) is 54.3 Å².